The van der Waals surface area contributed by atoms with Crippen molar-refractivity contribution in [3.63, 3.8) is 0 Å². The first-order chi connectivity index (χ1) is 15.5. The summed E-state index contributed by atoms with van der Waals surface area (Å²) in [4.78, 5) is 14.5. The average molecular weight is 552 g/mol. The summed E-state index contributed by atoms with van der Waals surface area (Å²) >= 11 is -0.344. The third kappa shape index (κ3) is 6.09. The van der Waals surface area contributed by atoms with Crippen molar-refractivity contribution in [3.8, 4) is 23.0 Å². The molecule has 0 spiro atoms. The average Bonchev–Trinajstić information content (AvgIpc) is 2.78. The van der Waals surface area contributed by atoms with Crippen LogP contribution in [0.4, 0.5) is 5.69 Å². The van der Waals surface area contributed by atoms with Crippen LogP contribution in [0.1, 0.15) is 58.4 Å². The van der Waals surface area contributed by atoms with Gasteiger partial charge in [0.1, 0.15) is 0 Å². The molecular formula is C26H35INO4-. The Morgan fingerprint density at radius 1 is 0.906 bits per heavy atom. The fraction of sp³-hybridized carbons (Fsp3) is 0.500. The second kappa shape index (κ2) is 11.8. The number of amides is 1. The zero-order chi connectivity index (χ0) is 23.1. The minimum atomic E-state index is -0.344. The molecule has 1 unspecified atom stereocenters. The number of hydrogen-bond acceptors (Lipinski definition) is 4. The van der Waals surface area contributed by atoms with E-state index in [0.29, 0.717) is 19.0 Å². The van der Waals surface area contributed by atoms with Crippen LogP contribution < -0.4 is 40.3 Å². The fourth-order valence-corrected chi connectivity index (χ4v) is 6.94. The molecule has 0 saturated carbocycles. The molecule has 1 aliphatic rings. The molecule has 3 rings (SSSR count). The quantitative estimate of drug-likeness (QED) is 0.244. The van der Waals surface area contributed by atoms with Crippen LogP contribution in [0.15, 0.2) is 30.3 Å². The molecule has 1 amide bonds. The first-order valence-electron chi connectivity index (χ1n) is 11.6. The van der Waals surface area contributed by atoms with E-state index in [1.807, 2.05) is 31.3 Å². The topological polar surface area (TPSA) is 48.0 Å². The molecule has 5 nitrogen and oxygen atoms in total. The van der Waals surface area contributed by atoms with E-state index in [0.717, 1.165) is 60.6 Å². The van der Waals surface area contributed by atoms with E-state index < -0.39 is 0 Å². The zero-order valence-electron chi connectivity index (χ0n) is 19.9. The van der Waals surface area contributed by atoms with Crippen molar-refractivity contribution in [1.29, 1.82) is 0 Å². The summed E-state index contributed by atoms with van der Waals surface area (Å²) in [6.45, 7) is 9.75. The molecular weight excluding hydrogens is 517 g/mol. The second-order valence-electron chi connectivity index (χ2n) is 8.10. The molecule has 1 aliphatic heterocycles. The molecule has 1 atom stereocenters. The van der Waals surface area contributed by atoms with Crippen LogP contribution in [0.3, 0.4) is 0 Å². The van der Waals surface area contributed by atoms with Gasteiger partial charge in [-0.3, -0.25) is 0 Å². The maximum absolute atomic E-state index is 12.7. The van der Waals surface area contributed by atoms with Gasteiger partial charge in [-0.2, -0.15) is 0 Å². The first-order valence-corrected chi connectivity index (χ1v) is 13.9. The number of alkyl halides is 1. The van der Waals surface area contributed by atoms with E-state index in [4.69, 9.17) is 14.2 Å². The summed E-state index contributed by atoms with van der Waals surface area (Å²) in [7, 11) is 1.87. The van der Waals surface area contributed by atoms with Crippen molar-refractivity contribution in [3.05, 3.63) is 39.5 Å². The van der Waals surface area contributed by atoms with E-state index in [2.05, 4.69) is 33.8 Å². The summed E-state index contributed by atoms with van der Waals surface area (Å²) in [6.07, 6.45) is 5.17. The van der Waals surface area contributed by atoms with E-state index >= 15 is 0 Å². The van der Waals surface area contributed by atoms with Crippen LogP contribution in [-0.2, 0) is 4.79 Å². The second-order valence-corrected chi connectivity index (χ2v) is 11.4. The Hall–Kier alpha value is -1.96. The summed E-state index contributed by atoms with van der Waals surface area (Å²) in [6, 6.07) is 9.95. The van der Waals surface area contributed by atoms with Crippen LogP contribution in [0.2, 0.25) is 0 Å². The van der Waals surface area contributed by atoms with Crippen molar-refractivity contribution in [1.82, 2.24) is 0 Å². The molecule has 2 aromatic carbocycles. The number of carbonyl (C=O) groups is 1. The Balaban J connectivity index is 1.86. The van der Waals surface area contributed by atoms with Gasteiger partial charge in [0, 0.05) is 0 Å². The van der Waals surface area contributed by atoms with Crippen molar-refractivity contribution in [2.75, 3.05) is 25.2 Å². The van der Waals surface area contributed by atoms with Crippen LogP contribution in [0.5, 0.6) is 23.0 Å². The van der Waals surface area contributed by atoms with Gasteiger partial charge in [-0.05, 0) is 0 Å². The van der Waals surface area contributed by atoms with Crippen LogP contribution in [0.25, 0.3) is 0 Å². The van der Waals surface area contributed by atoms with E-state index in [9.17, 15) is 4.79 Å². The molecule has 0 N–H and O–H groups in total. The number of anilines is 1. The third-order valence-electron chi connectivity index (χ3n) is 5.38. The molecule has 1 heterocycles. The number of rotatable bonds is 11. The van der Waals surface area contributed by atoms with Crippen molar-refractivity contribution in [2.45, 2.75) is 63.7 Å². The Morgan fingerprint density at radius 3 is 2.25 bits per heavy atom. The van der Waals surface area contributed by atoms with E-state index in [1.165, 1.54) is 3.57 Å². The molecule has 0 radical (unpaired) electrons. The summed E-state index contributed by atoms with van der Waals surface area (Å²) in [5.74, 6) is 3.16. The van der Waals surface area contributed by atoms with Crippen molar-refractivity contribution >= 4 is 11.6 Å². The predicted molar refractivity (Wildman–Crippen MR) is 125 cm³/mol. The van der Waals surface area contributed by atoms with Gasteiger partial charge in [-0.25, -0.2) is 0 Å². The molecule has 0 saturated heterocycles. The number of fused-ring (bicyclic) bond motifs is 1. The standard InChI is InChI=1S/C26H35INO4/c1-6-9-10-12-31-20-14-19(30-11-7-2)15-21(16-20)32-25-17-24-23(13-18(25)4)27-22(8-3)26(29)28(24)5/h13-17,22H,6-12H2,1-5H3/q-1. The molecule has 0 aromatic heterocycles. The monoisotopic (exact) mass is 552 g/mol. The van der Waals surface area contributed by atoms with Gasteiger partial charge in [0.2, 0.25) is 0 Å². The maximum atomic E-state index is 12.7. The molecule has 176 valence electrons. The fourth-order valence-electron chi connectivity index (χ4n) is 3.53. The van der Waals surface area contributed by atoms with Gasteiger partial charge in [0.25, 0.3) is 0 Å². The SMILES string of the molecule is CCCCCOc1cc(OCCC)cc(Oc2cc3c(cc2C)[I-]C(CC)C(=O)N3C)c1. The number of benzene rings is 2. The van der Waals surface area contributed by atoms with Crippen LogP contribution in [-0.4, -0.2) is 30.1 Å². The number of aryl methyl sites for hydroxylation is 1. The normalized spacial score (nSPS) is 15.7. The van der Waals surface area contributed by atoms with Crippen LogP contribution >= 0.6 is 0 Å². The van der Waals surface area contributed by atoms with Gasteiger partial charge in [0.05, 0.1) is 0 Å². The Labute approximate surface area is 202 Å². The summed E-state index contributed by atoms with van der Waals surface area (Å²) < 4.78 is 19.6. The van der Waals surface area contributed by atoms with Gasteiger partial charge in [-0.1, -0.05) is 13.3 Å². The van der Waals surface area contributed by atoms with Crippen molar-refractivity contribution < 1.29 is 40.2 Å². The Morgan fingerprint density at radius 2 is 1.59 bits per heavy atom. The number of halogens is 1. The van der Waals surface area contributed by atoms with Gasteiger partial charge in [-0.15, -0.1) is 0 Å². The number of ether oxygens (including phenoxy) is 3. The van der Waals surface area contributed by atoms with E-state index in [-0.39, 0.29) is 31.0 Å². The summed E-state index contributed by atoms with van der Waals surface area (Å²) in [5.41, 5.74) is 2.05. The van der Waals surface area contributed by atoms with Gasteiger partial charge < -0.3 is 0 Å². The zero-order valence-corrected chi connectivity index (χ0v) is 22.0. The molecule has 6 heteroatoms. The van der Waals surface area contributed by atoms with Gasteiger partial charge >= 0.3 is 190 Å². The minimum absolute atomic E-state index is 0.164. The predicted octanol–water partition coefficient (Wildman–Crippen LogP) is 3.16. The molecule has 0 fully saturated rings. The number of unbranched alkanes of at least 4 members (excludes halogenated alkanes) is 2. The first kappa shape index (κ1) is 24.7. The number of nitrogens with zero attached hydrogens (tertiary/aromatic N) is 1. The number of hydrogen-bond donors (Lipinski definition) is 0. The molecule has 0 aliphatic carbocycles. The van der Waals surface area contributed by atoms with Gasteiger partial charge in [0.15, 0.2) is 0 Å². The Bertz CT molecular complexity index is 930. The van der Waals surface area contributed by atoms with Crippen molar-refractivity contribution in [2.24, 2.45) is 0 Å². The molecule has 0 bridgehead atoms. The Kier molecular flexibility index (Phi) is 9.08. The summed E-state index contributed by atoms with van der Waals surface area (Å²) in [5, 5.41) is 0. The molecule has 32 heavy (non-hydrogen) atoms. The van der Waals surface area contributed by atoms with Crippen LogP contribution in [0, 0.1) is 10.5 Å². The van der Waals surface area contributed by atoms with E-state index in [1.54, 1.807) is 4.90 Å². The number of carbonyl (C=O) groups excluding carboxylic acids is 1. The molecule has 2 aromatic rings. The third-order valence-corrected chi connectivity index (χ3v) is 9.08.